The van der Waals surface area contributed by atoms with Gasteiger partial charge in [-0.25, -0.2) is 0 Å². The molecule has 0 radical (unpaired) electrons. The molecule has 0 unspecified atom stereocenters. The third-order valence-electron chi connectivity index (χ3n) is 6.97. The molecule has 0 bridgehead atoms. The highest BCUT2D eigenvalue weighted by molar-refractivity contribution is 6.35. The highest BCUT2D eigenvalue weighted by Gasteiger charge is 2.39. The normalized spacial score (nSPS) is 27.4. The minimum absolute atomic E-state index is 0.117. The first-order valence-electron chi connectivity index (χ1n) is 10.9. The third-order valence-corrected chi connectivity index (χ3v) is 7.53. The first-order chi connectivity index (χ1) is 14.5. The molecule has 156 valence electrons. The zero-order valence-electron chi connectivity index (χ0n) is 17.1. The summed E-state index contributed by atoms with van der Waals surface area (Å²) in [5, 5.41) is 5.05. The number of nitrogens with one attached hydrogen (secondary N) is 1. The fourth-order valence-electron chi connectivity index (χ4n) is 5.35. The molecular weight excluding hydrogens is 415 g/mol. The van der Waals surface area contributed by atoms with E-state index in [4.69, 9.17) is 23.2 Å². The second-order valence-electron chi connectivity index (χ2n) is 8.79. The minimum Gasteiger partial charge on any atom is -0.378 e. The van der Waals surface area contributed by atoms with Gasteiger partial charge in [0.05, 0.1) is 6.04 Å². The van der Waals surface area contributed by atoms with Gasteiger partial charge in [-0.05, 0) is 80.0 Å². The molecule has 0 saturated carbocycles. The van der Waals surface area contributed by atoms with E-state index in [1.807, 2.05) is 29.2 Å². The number of nitrogens with zero attached hydrogens (tertiary/aromatic N) is 1. The van der Waals surface area contributed by atoms with E-state index in [1.54, 1.807) is 0 Å². The van der Waals surface area contributed by atoms with E-state index in [2.05, 4.69) is 36.5 Å². The van der Waals surface area contributed by atoms with E-state index in [-0.39, 0.29) is 17.9 Å². The Bertz CT molecular complexity index is 1020. The average Bonchev–Trinajstić information content (AvgIpc) is 3.23. The van der Waals surface area contributed by atoms with Gasteiger partial charge in [-0.3, -0.25) is 4.79 Å². The summed E-state index contributed by atoms with van der Waals surface area (Å²) in [6.45, 7) is 3.02. The van der Waals surface area contributed by atoms with E-state index in [9.17, 15) is 4.79 Å². The van der Waals surface area contributed by atoms with Gasteiger partial charge in [-0.15, -0.1) is 0 Å². The number of fused-ring (bicyclic) bond motifs is 3. The molecule has 30 heavy (non-hydrogen) atoms. The van der Waals surface area contributed by atoms with Crippen LogP contribution in [0.3, 0.4) is 0 Å². The lowest BCUT2D eigenvalue weighted by Crippen LogP contribution is -2.42. The number of carbonyl (C=O) groups excluding carboxylic acids is 1. The molecule has 2 aromatic carbocycles. The van der Waals surface area contributed by atoms with Crippen molar-refractivity contribution in [3.8, 4) is 0 Å². The number of hydrogen-bond acceptors (Lipinski definition) is 2. The molecule has 1 saturated heterocycles. The highest BCUT2D eigenvalue weighted by Crippen LogP contribution is 2.51. The predicted octanol–water partition coefficient (Wildman–Crippen LogP) is 6.83. The van der Waals surface area contributed by atoms with Crippen LogP contribution in [0.25, 0.3) is 0 Å². The van der Waals surface area contributed by atoms with Gasteiger partial charge in [-0.2, -0.15) is 0 Å². The minimum atomic E-state index is 0.117. The summed E-state index contributed by atoms with van der Waals surface area (Å²) < 4.78 is 0. The van der Waals surface area contributed by atoms with Gasteiger partial charge < -0.3 is 10.2 Å². The Balaban J connectivity index is 1.48. The van der Waals surface area contributed by atoms with Crippen LogP contribution in [0.4, 0.5) is 5.69 Å². The molecule has 1 fully saturated rings. The van der Waals surface area contributed by atoms with Crippen LogP contribution in [0, 0.1) is 5.92 Å². The van der Waals surface area contributed by atoms with E-state index < -0.39 is 0 Å². The summed E-state index contributed by atoms with van der Waals surface area (Å²) in [6, 6.07) is 12.3. The van der Waals surface area contributed by atoms with Gasteiger partial charge in [0.1, 0.15) is 0 Å². The Hall–Kier alpha value is -1.97. The molecular formula is C25H26Cl2N2O. The Morgan fingerprint density at radius 3 is 2.77 bits per heavy atom. The SMILES string of the molecule is C[C@@H]1CCCCN1C(=O)c1ccc2c(c1)[C@@H]1C=CC[C@@H]1[C@H](c1ccc(Cl)cc1Cl)N2. The van der Waals surface area contributed by atoms with E-state index >= 15 is 0 Å². The Morgan fingerprint density at radius 1 is 1.10 bits per heavy atom. The van der Waals surface area contributed by atoms with Gasteiger partial charge in [-0.1, -0.05) is 41.4 Å². The van der Waals surface area contributed by atoms with Gasteiger partial charge in [0.15, 0.2) is 0 Å². The molecule has 1 amide bonds. The molecule has 2 aliphatic heterocycles. The number of rotatable bonds is 2. The zero-order chi connectivity index (χ0) is 20.8. The first kappa shape index (κ1) is 20.0. The van der Waals surface area contributed by atoms with Crippen LogP contribution in [0.1, 0.15) is 66.1 Å². The number of anilines is 1. The van der Waals surface area contributed by atoms with Crippen molar-refractivity contribution in [2.75, 3.05) is 11.9 Å². The van der Waals surface area contributed by atoms with Crippen molar-refractivity contribution in [1.29, 1.82) is 0 Å². The highest BCUT2D eigenvalue weighted by atomic mass is 35.5. The molecule has 2 heterocycles. The van der Waals surface area contributed by atoms with Gasteiger partial charge in [0.2, 0.25) is 0 Å². The lowest BCUT2D eigenvalue weighted by molar-refractivity contribution is 0.0635. The molecule has 4 atom stereocenters. The van der Waals surface area contributed by atoms with Crippen LogP contribution in [-0.2, 0) is 0 Å². The molecule has 1 aliphatic carbocycles. The van der Waals surface area contributed by atoms with Crippen molar-refractivity contribution >= 4 is 34.8 Å². The fourth-order valence-corrected chi connectivity index (χ4v) is 5.88. The summed E-state index contributed by atoms with van der Waals surface area (Å²) in [6.07, 6.45) is 8.93. The van der Waals surface area contributed by atoms with Gasteiger partial charge in [0.25, 0.3) is 5.91 Å². The first-order valence-corrected chi connectivity index (χ1v) is 11.6. The number of piperidine rings is 1. The molecule has 5 rings (SSSR count). The van der Waals surface area contributed by atoms with Crippen molar-refractivity contribution in [3.05, 3.63) is 75.3 Å². The number of allylic oxidation sites excluding steroid dienone is 2. The Morgan fingerprint density at radius 2 is 1.97 bits per heavy atom. The molecule has 1 N–H and O–H groups in total. The topological polar surface area (TPSA) is 32.3 Å². The van der Waals surface area contributed by atoms with Crippen molar-refractivity contribution in [2.24, 2.45) is 5.92 Å². The summed E-state index contributed by atoms with van der Waals surface area (Å²) in [5.41, 5.74) is 4.17. The number of amides is 1. The van der Waals surface area contributed by atoms with Crippen molar-refractivity contribution < 1.29 is 4.79 Å². The Kier molecular flexibility index (Phi) is 5.28. The second-order valence-corrected chi connectivity index (χ2v) is 9.63. The van der Waals surface area contributed by atoms with Gasteiger partial charge in [0, 0.05) is 39.8 Å². The van der Waals surface area contributed by atoms with E-state index in [0.717, 1.165) is 42.6 Å². The molecule has 5 heteroatoms. The summed E-state index contributed by atoms with van der Waals surface area (Å²) in [4.78, 5) is 15.2. The van der Waals surface area contributed by atoms with Crippen molar-refractivity contribution in [2.45, 2.75) is 50.6 Å². The van der Waals surface area contributed by atoms with Crippen LogP contribution in [0.15, 0.2) is 48.6 Å². The second kappa shape index (κ2) is 7.94. The largest absolute Gasteiger partial charge is 0.378 e. The average molecular weight is 441 g/mol. The number of halogens is 2. The predicted molar refractivity (Wildman–Crippen MR) is 124 cm³/mol. The number of likely N-dealkylation sites (tertiary alicyclic amines) is 1. The fraction of sp³-hybridized carbons (Fsp3) is 0.400. The number of carbonyl (C=O) groups is 1. The monoisotopic (exact) mass is 440 g/mol. The molecule has 0 aromatic heterocycles. The van der Waals surface area contributed by atoms with Crippen LogP contribution >= 0.6 is 23.2 Å². The zero-order valence-corrected chi connectivity index (χ0v) is 18.6. The molecule has 3 aliphatic rings. The lowest BCUT2D eigenvalue weighted by atomic mass is 9.76. The quantitative estimate of drug-likeness (QED) is 0.518. The third kappa shape index (κ3) is 3.42. The van der Waals surface area contributed by atoms with Gasteiger partial charge >= 0.3 is 0 Å². The van der Waals surface area contributed by atoms with Crippen molar-refractivity contribution in [1.82, 2.24) is 4.90 Å². The standard InChI is InChI=1S/C25H26Cl2N2O/c1-15-5-2-3-12-29(15)25(30)16-8-11-23-21(13-16)18-6-4-7-19(18)24(28-23)20-10-9-17(26)14-22(20)27/h4,6,8-11,13-15,18-19,24,28H,2-3,5,7,12H2,1H3/t15-,18-,19+,24-/m1/s1. The van der Waals surface area contributed by atoms with Crippen LogP contribution in [-0.4, -0.2) is 23.4 Å². The maximum atomic E-state index is 13.2. The molecule has 0 spiro atoms. The van der Waals surface area contributed by atoms with Crippen LogP contribution in [0.2, 0.25) is 10.0 Å². The van der Waals surface area contributed by atoms with Crippen molar-refractivity contribution in [3.63, 3.8) is 0 Å². The summed E-state index contributed by atoms with van der Waals surface area (Å²) >= 11 is 12.7. The molecule has 3 nitrogen and oxygen atoms in total. The number of hydrogen-bond donors (Lipinski definition) is 1. The van der Waals surface area contributed by atoms with Crippen LogP contribution < -0.4 is 5.32 Å². The maximum absolute atomic E-state index is 13.2. The lowest BCUT2D eigenvalue weighted by Gasteiger charge is -2.38. The smallest absolute Gasteiger partial charge is 0.254 e. The maximum Gasteiger partial charge on any atom is 0.254 e. The van der Waals surface area contributed by atoms with E-state index in [1.165, 1.54) is 12.0 Å². The Labute approximate surface area is 188 Å². The van der Waals surface area contributed by atoms with Crippen LogP contribution in [0.5, 0.6) is 0 Å². The number of benzene rings is 2. The summed E-state index contributed by atoms with van der Waals surface area (Å²) in [5.74, 6) is 0.811. The summed E-state index contributed by atoms with van der Waals surface area (Å²) in [7, 11) is 0. The van der Waals surface area contributed by atoms with E-state index in [0.29, 0.717) is 22.0 Å². The molecule has 2 aromatic rings.